The predicted octanol–water partition coefficient (Wildman–Crippen LogP) is 4.16. The largest absolute Gasteiger partial charge is 0.335 e. The molecule has 0 saturated carbocycles. The van der Waals surface area contributed by atoms with Crippen LogP contribution < -0.4 is 5.32 Å². The topological polar surface area (TPSA) is 37.3 Å². The fraction of sp³-hybridized carbons (Fsp3) is 0.375. The quantitative estimate of drug-likeness (QED) is 0.920. The molecule has 2 heterocycles. The molecule has 1 aliphatic rings. The second-order valence-electron chi connectivity index (χ2n) is 5.55. The third-order valence-corrected chi connectivity index (χ3v) is 4.43. The number of hydrogen-bond acceptors (Lipinski definition) is 4. The number of benzene rings is 1. The van der Waals surface area contributed by atoms with Gasteiger partial charge in [-0.3, -0.25) is 9.98 Å². The molecule has 1 unspecified atom stereocenters. The second kappa shape index (κ2) is 5.83. The Morgan fingerprint density at radius 3 is 3.10 bits per heavy atom. The number of fused-ring (bicyclic) bond motifs is 1. The second-order valence-corrected chi connectivity index (χ2v) is 6.84. The van der Waals surface area contributed by atoms with Gasteiger partial charge in [-0.2, -0.15) is 0 Å². The molecule has 104 valence electrons. The highest BCUT2D eigenvalue weighted by Gasteiger charge is 2.20. The van der Waals surface area contributed by atoms with Crippen LogP contribution in [0.4, 0.5) is 5.69 Å². The van der Waals surface area contributed by atoms with E-state index in [0.29, 0.717) is 5.25 Å². The van der Waals surface area contributed by atoms with Gasteiger partial charge in [-0.05, 0) is 36.6 Å². The van der Waals surface area contributed by atoms with Crippen molar-refractivity contribution in [3.63, 3.8) is 0 Å². The van der Waals surface area contributed by atoms with Crippen molar-refractivity contribution in [1.29, 1.82) is 0 Å². The summed E-state index contributed by atoms with van der Waals surface area (Å²) in [6, 6.07) is 10.3. The third-order valence-electron chi connectivity index (χ3n) is 3.31. The monoisotopic (exact) mass is 285 g/mol. The number of aliphatic imine (C=N–C) groups is 1. The summed E-state index contributed by atoms with van der Waals surface area (Å²) in [5, 5.41) is 6.24. The zero-order valence-electron chi connectivity index (χ0n) is 11.8. The average Bonchev–Trinajstić information content (AvgIpc) is 2.85. The minimum Gasteiger partial charge on any atom is -0.335 e. The summed E-state index contributed by atoms with van der Waals surface area (Å²) in [4.78, 5) is 8.93. The molecule has 1 atom stereocenters. The van der Waals surface area contributed by atoms with Crippen LogP contribution in [-0.2, 0) is 0 Å². The lowest BCUT2D eigenvalue weighted by Crippen LogP contribution is -2.09. The fourth-order valence-electron chi connectivity index (χ4n) is 2.41. The van der Waals surface area contributed by atoms with Gasteiger partial charge in [0.1, 0.15) is 0 Å². The number of hydrogen-bond donors (Lipinski definition) is 1. The predicted molar refractivity (Wildman–Crippen MR) is 88.5 cm³/mol. The Morgan fingerprint density at radius 2 is 2.25 bits per heavy atom. The maximum Gasteiger partial charge on any atom is 0.161 e. The Bertz CT molecular complexity index is 636. The number of nitrogens with zero attached hydrogens (tertiary/aromatic N) is 2. The maximum atomic E-state index is 4.60. The number of anilines is 1. The van der Waals surface area contributed by atoms with Crippen LogP contribution in [-0.4, -0.2) is 21.9 Å². The van der Waals surface area contributed by atoms with Crippen LogP contribution in [0.3, 0.4) is 0 Å². The fourth-order valence-corrected chi connectivity index (χ4v) is 3.68. The van der Waals surface area contributed by atoms with E-state index < -0.39 is 0 Å². The van der Waals surface area contributed by atoms with Crippen molar-refractivity contribution < 1.29 is 0 Å². The Morgan fingerprint density at radius 1 is 1.35 bits per heavy atom. The molecule has 1 aromatic heterocycles. The molecule has 3 nitrogen and oxygen atoms in total. The average molecular weight is 285 g/mol. The molecule has 20 heavy (non-hydrogen) atoms. The van der Waals surface area contributed by atoms with Crippen molar-refractivity contribution in [2.75, 3.05) is 11.9 Å². The SMILES string of the molecule is CC(C)CC1CN=C(Nc2ccc3ncccc3c2)S1. The molecule has 0 radical (unpaired) electrons. The van der Waals surface area contributed by atoms with Gasteiger partial charge in [-0.25, -0.2) is 0 Å². The first-order chi connectivity index (χ1) is 9.70. The number of pyridine rings is 1. The Kier molecular flexibility index (Phi) is 3.92. The third kappa shape index (κ3) is 3.12. The van der Waals surface area contributed by atoms with Crippen molar-refractivity contribution in [2.24, 2.45) is 10.9 Å². The van der Waals surface area contributed by atoms with E-state index in [1.54, 1.807) is 0 Å². The van der Waals surface area contributed by atoms with E-state index >= 15 is 0 Å². The van der Waals surface area contributed by atoms with Crippen molar-refractivity contribution in [1.82, 2.24) is 4.98 Å². The highest BCUT2D eigenvalue weighted by molar-refractivity contribution is 8.15. The molecule has 2 aromatic rings. The lowest BCUT2D eigenvalue weighted by molar-refractivity contribution is 0.575. The zero-order chi connectivity index (χ0) is 13.9. The van der Waals surface area contributed by atoms with Gasteiger partial charge < -0.3 is 5.32 Å². The lowest BCUT2D eigenvalue weighted by Gasteiger charge is -2.11. The smallest absolute Gasteiger partial charge is 0.161 e. The van der Waals surface area contributed by atoms with Gasteiger partial charge >= 0.3 is 0 Å². The summed E-state index contributed by atoms with van der Waals surface area (Å²) >= 11 is 1.86. The molecule has 0 saturated heterocycles. The molecule has 0 fully saturated rings. The van der Waals surface area contributed by atoms with E-state index in [2.05, 4.69) is 47.3 Å². The zero-order valence-corrected chi connectivity index (χ0v) is 12.7. The Labute approximate surface area is 123 Å². The molecule has 0 bridgehead atoms. The van der Waals surface area contributed by atoms with Gasteiger partial charge in [0.15, 0.2) is 5.17 Å². The van der Waals surface area contributed by atoms with Crippen LogP contribution in [0.15, 0.2) is 41.5 Å². The van der Waals surface area contributed by atoms with Gasteiger partial charge in [-0.1, -0.05) is 31.7 Å². The van der Waals surface area contributed by atoms with Crippen LogP contribution in [0.2, 0.25) is 0 Å². The summed E-state index contributed by atoms with van der Waals surface area (Å²) in [5.74, 6) is 0.730. The number of amidine groups is 1. The molecule has 1 aromatic carbocycles. The minimum absolute atomic E-state index is 0.625. The van der Waals surface area contributed by atoms with Gasteiger partial charge in [0.25, 0.3) is 0 Å². The van der Waals surface area contributed by atoms with Crippen LogP contribution in [0, 0.1) is 5.92 Å². The van der Waals surface area contributed by atoms with Crippen LogP contribution >= 0.6 is 11.8 Å². The number of aromatic nitrogens is 1. The van der Waals surface area contributed by atoms with Crippen molar-refractivity contribution in [3.8, 4) is 0 Å². The van der Waals surface area contributed by atoms with Gasteiger partial charge in [0, 0.05) is 22.5 Å². The molecule has 3 rings (SSSR count). The molecule has 1 aliphatic heterocycles. The first-order valence-corrected chi connectivity index (χ1v) is 7.91. The summed E-state index contributed by atoms with van der Waals surface area (Å²) in [6.07, 6.45) is 3.05. The summed E-state index contributed by atoms with van der Waals surface area (Å²) in [6.45, 7) is 5.46. The van der Waals surface area contributed by atoms with Crippen molar-refractivity contribution in [3.05, 3.63) is 36.5 Å². The standard InChI is InChI=1S/C16H19N3S/c1-11(2)8-14-10-18-16(20-14)19-13-5-6-15-12(9-13)4-3-7-17-15/h3-7,9,11,14H,8,10H2,1-2H3,(H,18,19). The van der Waals surface area contributed by atoms with Crippen molar-refractivity contribution in [2.45, 2.75) is 25.5 Å². The van der Waals surface area contributed by atoms with Crippen LogP contribution in [0.25, 0.3) is 10.9 Å². The van der Waals surface area contributed by atoms with E-state index in [1.165, 1.54) is 6.42 Å². The normalized spacial score (nSPS) is 18.6. The molecule has 4 heteroatoms. The van der Waals surface area contributed by atoms with E-state index in [-0.39, 0.29) is 0 Å². The van der Waals surface area contributed by atoms with E-state index in [9.17, 15) is 0 Å². The van der Waals surface area contributed by atoms with E-state index in [1.807, 2.05) is 30.1 Å². The summed E-state index contributed by atoms with van der Waals surface area (Å²) in [5.41, 5.74) is 2.11. The Hall–Kier alpha value is -1.55. The minimum atomic E-state index is 0.625. The van der Waals surface area contributed by atoms with Gasteiger partial charge in [0.05, 0.1) is 12.1 Å². The molecule has 0 spiro atoms. The molecule has 1 N–H and O–H groups in total. The van der Waals surface area contributed by atoms with Gasteiger partial charge in [-0.15, -0.1) is 0 Å². The van der Waals surface area contributed by atoms with Crippen LogP contribution in [0.1, 0.15) is 20.3 Å². The Balaban J connectivity index is 1.68. The molecular weight excluding hydrogens is 266 g/mol. The van der Waals surface area contributed by atoms with E-state index in [0.717, 1.165) is 34.2 Å². The molecular formula is C16H19N3S. The maximum absolute atomic E-state index is 4.60. The summed E-state index contributed by atoms with van der Waals surface area (Å²) < 4.78 is 0. The first kappa shape index (κ1) is 13.4. The highest BCUT2D eigenvalue weighted by atomic mass is 32.2. The van der Waals surface area contributed by atoms with Gasteiger partial charge in [0.2, 0.25) is 0 Å². The number of thioether (sulfide) groups is 1. The number of rotatable bonds is 3. The van der Waals surface area contributed by atoms with Crippen LogP contribution in [0.5, 0.6) is 0 Å². The molecule has 0 aliphatic carbocycles. The summed E-state index contributed by atoms with van der Waals surface area (Å²) in [7, 11) is 0. The highest BCUT2D eigenvalue weighted by Crippen LogP contribution is 2.28. The number of nitrogens with one attached hydrogen (secondary N) is 1. The first-order valence-electron chi connectivity index (χ1n) is 7.03. The molecule has 0 amide bonds. The van der Waals surface area contributed by atoms with Crippen molar-refractivity contribution >= 4 is 33.5 Å². The lowest BCUT2D eigenvalue weighted by atomic mass is 10.1. The van der Waals surface area contributed by atoms with E-state index in [4.69, 9.17) is 0 Å².